The summed E-state index contributed by atoms with van der Waals surface area (Å²) in [5.74, 6) is 4.72. The van der Waals surface area contributed by atoms with E-state index in [1.165, 1.54) is 0 Å². The topological polar surface area (TPSA) is 69.6 Å². The van der Waals surface area contributed by atoms with Crippen LogP contribution in [0, 0.1) is 6.92 Å². The van der Waals surface area contributed by atoms with Crippen LogP contribution in [0.4, 0.5) is 0 Å². The van der Waals surface area contributed by atoms with Crippen LogP contribution in [0.25, 0.3) is 0 Å². The normalized spacial score (nSPS) is 16.3. The molecule has 0 atom stereocenters. The van der Waals surface area contributed by atoms with E-state index in [4.69, 9.17) is 0 Å². The first kappa shape index (κ1) is 18.9. The van der Waals surface area contributed by atoms with Gasteiger partial charge in [0.1, 0.15) is 17.5 Å². The van der Waals surface area contributed by atoms with E-state index in [0.717, 1.165) is 55.8 Å². The van der Waals surface area contributed by atoms with E-state index in [1.807, 2.05) is 25.5 Å². The average Bonchev–Trinajstić information content (AvgIpc) is 3.39. The first-order valence-electron chi connectivity index (χ1n) is 10.1. The van der Waals surface area contributed by atoms with Gasteiger partial charge in [-0.2, -0.15) is 0 Å². The molecule has 1 saturated heterocycles. The second kappa shape index (κ2) is 7.87. The van der Waals surface area contributed by atoms with Gasteiger partial charge in [0, 0.05) is 43.8 Å². The van der Waals surface area contributed by atoms with Gasteiger partial charge in [-0.05, 0) is 46.7 Å². The maximum atomic E-state index is 4.56. The Bertz CT molecular complexity index is 910. The molecule has 0 radical (unpaired) electrons. The Kier molecular flexibility index (Phi) is 5.30. The molecule has 0 unspecified atom stereocenters. The van der Waals surface area contributed by atoms with Gasteiger partial charge >= 0.3 is 0 Å². The number of imidazole rings is 2. The summed E-state index contributed by atoms with van der Waals surface area (Å²) in [5, 5.41) is 8.99. The van der Waals surface area contributed by atoms with Crippen molar-refractivity contribution in [3.05, 3.63) is 48.1 Å². The molecular formula is C20H30N8. The zero-order valence-electron chi connectivity index (χ0n) is 17.3. The smallest absolute Gasteiger partial charge is 0.152 e. The molecular weight excluding hydrogens is 352 g/mol. The van der Waals surface area contributed by atoms with Crippen LogP contribution in [0.5, 0.6) is 0 Å². The fourth-order valence-corrected chi connectivity index (χ4v) is 4.08. The molecule has 0 aliphatic carbocycles. The lowest BCUT2D eigenvalue weighted by Gasteiger charge is -2.31. The number of nitrogens with zero attached hydrogens (tertiary/aromatic N) is 8. The Labute approximate surface area is 166 Å². The predicted molar refractivity (Wildman–Crippen MR) is 107 cm³/mol. The number of likely N-dealkylation sites (tertiary alicyclic amines) is 1. The highest BCUT2D eigenvalue weighted by Crippen LogP contribution is 2.27. The summed E-state index contributed by atoms with van der Waals surface area (Å²) in [6, 6.07) is 0.450. The van der Waals surface area contributed by atoms with Crippen LogP contribution in [-0.2, 0) is 20.1 Å². The van der Waals surface area contributed by atoms with Gasteiger partial charge in [0.15, 0.2) is 5.82 Å². The molecule has 3 aromatic rings. The highest BCUT2D eigenvalue weighted by Gasteiger charge is 2.26. The van der Waals surface area contributed by atoms with Crippen molar-refractivity contribution in [3.63, 3.8) is 0 Å². The van der Waals surface area contributed by atoms with Crippen molar-refractivity contribution in [3.8, 4) is 0 Å². The van der Waals surface area contributed by atoms with E-state index in [0.29, 0.717) is 18.5 Å². The summed E-state index contributed by atoms with van der Waals surface area (Å²) in [4.78, 5) is 11.3. The number of aryl methyl sites for hydroxylation is 1. The Balaban J connectivity index is 1.37. The fraction of sp³-hybridized carbons (Fsp3) is 0.600. The lowest BCUT2D eigenvalue weighted by Crippen LogP contribution is -2.34. The molecule has 8 heteroatoms. The van der Waals surface area contributed by atoms with Crippen LogP contribution < -0.4 is 0 Å². The summed E-state index contributed by atoms with van der Waals surface area (Å²) >= 11 is 0. The molecule has 4 rings (SSSR count). The molecule has 0 N–H and O–H groups in total. The molecule has 1 aliphatic heterocycles. The van der Waals surface area contributed by atoms with Crippen molar-refractivity contribution in [2.75, 3.05) is 13.1 Å². The number of hydrogen-bond donors (Lipinski definition) is 0. The van der Waals surface area contributed by atoms with Crippen molar-refractivity contribution in [1.29, 1.82) is 0 Å². The van der Waals surface area contributed by atoms with Gasteiger partial charge in [0.2, 0.25) is 0 Å². The largest absolute Gasteiger partial charge is 0.331 e. The van der Waals surface area contributed by atoms with E-state index >= 15 is 0 Å². The maximum absolute atomic E-state index is 4.56. The summed E-state index contributed by atoms with van der Waals surface area (Å²) in [5.41, 5.74) is 0. The zero-order valence-corrected chi connectivity index (χ0v) is 17.3. The van der Waals surface area contributed by atoms with Gasteiger partial charge in [-0.25, -0.2) is 9.97 Å². The lowest BCUT2D eigenvalue weighted by molar-refractivity contribution is 0.193. The van der Waals surface area contributed by atoms with E-state index in [2.05, 4.69) is 65.9 Å². The van der Waals surface area contributed by atoms with Gasteiger partial charge < -0.3 is 13.7 Å². The molecule has 3 aromatic heterocycles. The molecule has 4 heterocycles. The van der Waals surface area contributed by atoms with Crippen LogP contribution in [0.3, 0.4) is 0 Å². The van der Waals surface area contributed by atoms with Crippen LogP contribution in [-0.4, -0.2) is 51.9 Å². The highest BCUT2D eigenvalue weighted by atomic mass is 15.3. The van der Waals surface area contributed by atoms with Gasteiger partial charge in [-0.3, -0.25) is 4.90 Å². The van der Waals surface area contributed by atoms with Gasteiger partial charge in [-0.1, -0.05) is 0 Å². The number of hydrogen-bond acceptors (Lipinski definition) is 5. The van der Waals surface area contributed by atoms with Gasteiger partial charge in [0.05, 0.1) is 13.1 Å². The predicted octanol–water partition coefficient (Wildman–Crippen LogP) is 2.53. The van der Waals surface area contributed by atoms with Crippen molar-refractivity contribution < 1.29 is 0 Å². The third kappa shape index (κ3) is 3.73. The summed E-state index contributed by atoms with van der Waals surface area (Å²) in [6.45, 7) is 10.2. The van der Waals surface area contributed by atoms with Crippen molar-refractivity contribution in [2.45, 2.75) is 58.7 Å². The van der Waals surface area contributed by atoms with Crippen LogP contribution >= 0.6 is 0 Å². The van der Waals surface area contributed by atoms with E-state index in [1.54, 1.807) is 0 Å². The van der Waals surface area contributed by atoms with Crippen LogP contribution in [0.1, 0.15) is 61.9 Å². The molecule has 1 fully saturated rings. The quantitative estimate of drug-likeness (QED) is 0.655. The number of aromatic nitrogens is 7. The Morgan fingerprint density at radius 3 is 2.43 bits per heavy atom. The molecule has 0 aromatic carbocycles. The minimum atomic E-state index is 0.450. The monoisotopic (exact) mass is 382 g/mol. The van der Waals surface area contributed by atoms with Crippen LogP contribution in [0.15, 0.2) is 24.8 Å². The lowest BCUT2D eigenvalue weighted by atomic mass is 9.96. The SMILES string of the molecule is Cc1nccn1Cc1nnc(C2CCN(Cc3nccn3C(C)C)CC2)n1C. The second-order valence-corrected chi connectivity index (χ2v) is 8.03. The average molecular weight is 383 g/mol. The highest BCUT2D eigenvalue weighted by molar-refractivity contribution is 5.05. The van der Waals surface area contributed by atoms with Gasteiger partial charge in [-0.15, -0.1) is 10.2 Å². The van der Waals surface area contributed by atoms with E-state index < -0.39 is 0 Å². The Morgan fingerprint density at radius 1 is 1.00 bits per heavy atom. The minimum Gasteiger partial charge on any atom is -0.331 e. The zero-order chi connectivity index (χ0) is 19.7. The van der Waals surface area contributed by atoms with Crippen LogP contribution in [0.2, 0.25) is 0 Å². The maximum Gasteiger partial charge on any atom is 0.152 e. The number of rotatable bonds is 6. The first-order valence-corrected chi connectivity index (χ1v) is 10.1. The molecule has 1 aliphatic rings. The first-order chi connectivity index (χ1) is 13.5. The Hall–Kier alpha value is -2.48. The molecule has 28 heavy (non-hydrogen) atoms. The third-order valence-electron chi connectivity index (χ3n) is 5.86. The second-order valence-electron chi connectivity index (χ2n) is 8.03. The van der Waals surface area contributed by atoms with Crippen molar-refractivity contribution in [2.24, 2.45) is 7.05 Å². The van der Waals surface area contributed by atoms with Crippen molar-refractivity contribution in [1.82, 2.24) is 38.8 Å². The van der Waals surface area contributed by atoms with Gasteiger partial charge in [0.25, 0.3) is 0 Å². The molecule has 8 nitrogen and oxygen atoms in total. The van der Waals surface area contributed by atoms with E-state index in [9.17, 15) is 0 Å². The molecule has 0 saturated carbocycles. The Morgan fingerprint density at radius 2 is 1.75 bits per heavy atom. The van der Waals surface area contributed by atoms with E-state index in [-0.39, 0.29) is 0 Å². The summed E-state index contributed by atoms with van der Waals surface area (Å²) < 4.78 is 6.54. The summed E-state index contributed by atoms with van der Waals surface area (Å²) in [7, 11) is 2.09. The van der Waals surface area contributed by atoms with Crippen molar-refractivity contribution >= 4 is 0 Å². The summed E-state index contributed by atoms with van der Waals surface area (Å²) in [6.07, 6.45) is 10.0. The standard InChI is InChI=1S/C20H30N8/c1-15(2)28-12-8-22-18(28)13-26-9-5-17(6-10-26)20-24-23-19(25(20)4)14-27-11-7-21-16(27)3/h7-8,11-12,15,17H,5-6,9-10,13-14H2,1-4H3. The molecule has 0 amide bonds. The molecule has 0 spiro atoms. The fourth-order valence-electron chi connectivity index (χ4n) is 4.08. The number of piperidine rings is 1. The minimum absolute atomic E-state index is 0.450. The molecule has 0 bridgehead atoms. The molecule has 150 valence electrons. The third-order valence-corrected chi connectivity index (χ3v) is 5.86.